The molecule has 1 aromatic heterocycles. The molecule has 0 bridgehead atoms. The molecule has 2 fully saturated rings. The van der Waals surface area contributed by atoms with Gasteiger partial charge in [-0.15, -0.1) is 0 Å². The van der Waals surface area contributed by atoms with Crippen molar-refractivity contribution in [2.45, 2.75) is 19.3 Å². The van der Waals surface area contributed by atoms with Gasteiger partial charge in [-0.2, -0.15) is 0 Å². The van der Waals surface area contributed by atoms with Gasteiger partial charge < -0.3 is 20.7 Å². The van der Waals surface area contributed by atoms with Gasteiger partial charge in [0.1, 0.15) is 11.5 Å². The quantitative estimate of drug-likeness (QED) is 0.883. The maximum absolute atomic E-state index is 12.7. The molecule has 0 radical (unpaired) electrons. The first-order chi connectivity index (χ1) is 12.7. The average molecular weight is 352 g/mol. The summed E-state index contributed by atoms with van der Waals surface area (Å²) in [5, 5.41) is 2.99. The minimum Gasteiger partial charge on any atom is -0.457 e. The minimum atomic E-state index is -0.0618. The number of nitrogens with one attached hydrogen (secondary N) is 1. The molecule has 6 nitrogen and oxygen atoms in total. The van der Waals surface area contributed by atoms with Crippen molar-refractivity contribution >= 4 is 11.7 Å². The number of nitrogens with two attached hydrogens (primary N) is 1. The van der Waals surface area contributed by atoms with Crippen LogP contribution in [0.25, 0.3) is 0 Å². The van der Waals surface area contributed by atoms with Gasteiger partial charge in [0.15, 0.2) is 0 Å². The molecule has 2 amide bonds. The fourth-order valence-corrected chi connectivity index (χ4v) is 4.28. The van der Waals surface area contributed by atoms with E-state index in [0.29, 0.717) is 24.0 Å². The monoisotopic (exact) mass is 352 g/mol. The SMILES string of the molecule is NC[C@]12CCC[C@H]1CN(C(=O)Nc1cccc(Oc3ccncc3)c1)C2. The lowest BCUT2D eigenvalue weighted by Gasteiger charge is -2.26. The number of anilines is 1. The van der Waals surface area contributed by atoms with E-state index in [9.17, 15) is 4.79 Å². The number of hydrogen-bond acceptors (Lipinski definition) is 4. The summed E-state index contributed by atoms with van der Waals surface area (Å²) in [5.41, 5.74) is 6.89. The van der Waals surface area contributed by atoms with Crippen LogP contribution in [0.1, 0.15) is 19.3 Å². The number of benzene rings is 1. The molecule has 26 heavy (non-hydrogen) atoms. The Kier molecular flexibility index (Phi) is 4.51. The number of fused-ring (bicyclic) bond motifs is 1. The van der Waals surface area contributed by atoms with Crippen molar-refractivity contribution in [3.63, 3.8) is 0 Å². The molecule has 1 aromatic carbocycles. The number of ether oxygens (including phenoxy) is 1. The largest absolute Gasteiger partial charge is 0.457 e. The van der Waals surface area contributed by atoms with Crippen LogP contribution in [-0.2, 0) is 0 Å². The first-order valence-electron chi connectivity index (χ1n) is 9.12. The highest BCUT2D eigenvalue weighted by atomic mass is 16.5. The Morgan fingerprint density at radius 1 is 1.31 bits per heavy atom. The smallest absolute Gasteiger partial charge is 0.321 e. The van der Waals surface area contributed by atoms with Crippen LogP contribution in [0.5, 0.6) is 11.5 Å². The molecule has 1 saturated carbocycles. The van der Waals surface area contributed by atoms with Gasteiger partial charge >= 0.3 is 6.03 Å². The predicted molar refractivity (Wildman–Crippen MR) is 100 cm³/mol. The van der Waals surface area contributed by atoms with Gasteiger partial charge in [0.25, 0.3) is 0 Å². The summed E-state index contributed by atoms with van der Waals surface area (Å²) in [5.74, 6) is 1.92. The van der Waals surface area contributed by atoms with Gasteiger partial charge in [0.2, 0.25) is 0 Å². The van der Waals surface area contributed by atoms with Crippen LogP contribution in [-0.4, -0.2) is 35.5 Å². The highest BCUT2D eigenvalue weighted by Gasteiger charge is 2.49. The zero-order chi connectivity index (χ0) is 18.0. The molecule has 4 rings (SSSR count). The first kappa shape index (κ1) is 16.8. The number of carbonyl (C=O) groups excluding carboxylic acids is 1. The highest BCUT2D eigenvalue weighted by molar-refractivity contribution is 5.89. The zero-order valence-corrected chi connectivity index (χ0v) is 14.7. The van der Waals surface area contributed by atoms with Gasteiger partial charge in [0, 0.05) is 42.7 Å². The molecular weight excluding hydrogens is 328 g/mol. The van der Waals surface area contributed by atoms with Gasteiger partial charge in [-0.05, 0) is 49.6 Å². The van der Waals surface area contributed by atoms with Crippen LogP contribution < -0.4 is 15.8 Å². The van der Waals surface area contributed by atoms with E-state index in [1.54, 1.807) is 24.5 Å². The maximum atomic E-state index is 12.7. The topological polar surface area (TPSA) is 80.5 Å². The summed E-state index contributed by atoms with van der Waals surface area (Å²) >= 11 is 0. The third kappa shape index (κ3) is 3.24. The lowest BCUT2D eigenvalue weighted by molar-refractivity contribution is 0.212. The molecule has 0 unspecified atom stereocenters. The van der Waals surface area contributed by atoms with E-state index < -0.39 is 0 Å². The van der Waals surface area contributed by atoms with Crippen LogP contribution in [0.15, 0.2) is 48.8 Å². The van der Waals surface area contributed by atoms with Crippen molar-refractivity contribution in [3.8, 4) is 11.5 Å². The normalized spacial score (nSPS) is 24.3. The summed E-state index contributed by atoms with van der Waals surface area (Å²) in [6.07, 6.45) is 6.89. The Bertz CT molecular complexity index is 782. The standard InChI is InChI=1S/C20H24N4O2/c21-13-20-8-2-3-15(20)12-24(14-20)19(25)23-16-4-1-5-18(11-16)26-17-6-9-22-10-7-17/h1,4-7,9-11,15H,2-3,8,12-14,21H2,(H,23,25)/t15-,20-/m0/s1. The molecule has 1 aliphatic carbocycles. The van der Waals surface area contributed by atoms with E-state index in [1.807, 2.05) is 29.2 Å². The minimum absolute atomic E-state index is 0.0618. The van der Waals surface area contributed by atoms with Crippen molar-refractivity contribution in [2.75, 3.05) is 25.0 Å². The molecule has 1 saturated heterocycles. The molecule has 2 atom stereocenters. The third-order valence-corrected chi connectivity index (χ3v) is 5.70. The lowest BCUT2D eigenvalue weighted by atomic mass is 9.81. The number of hydrogen-bond donors (Lipinski definition) is 2. The molecule has 136 valence electrons. The number of nitrogens with zero attached hydrogens (tertiary/aromatic N) is 2. The fraction of sp³-hybridized carbons (Fsp3) is 0.400. The second-order valence-electron chi connectivity index (χ2n) is 7.28. The molecular formula is C20H24N4O2. The van der Waals surface area contributed by atoms with E-state index in [1.165, 1.54) is 12.8 Å². The van der Waals surface area contributed by atoms with Gasteiger partial charge in [-0.25, -0.2) is 4.79 Å². The average Bonchev–Trinajstić information content (AvgIpc) is 3.20. The summed E-state index contributed by atoms with van der Waals surface area (Å²) in [7, 11) is 0. The summed E-state index contributed by atoms with van der Waals surface area (Å²) in [6.45, 7) is 2.22. The molecule has 2 heterocycles. The number of urea groups is 1. The number of likely N-dealkylation sites (tertiary alicyclic amines) is 1. The molecule has 3 N–H and O–H groups in total. The summed E-state index contributed by atoms with van der Waals surface area (Å²) in [6, 6.07) is 10.9. The van der Waals surface area contributed by atoms with Crippen molar-refractivity contribution in [2.24, 2.45) is 17.1 Å². The third-order valence-electron chi connectivity index (χ3n) is 5.70. The number of carbonyl (C=O) groups is 1. The first-order valence-corrected chi connectivity index (χ1v) is 9.12. The number of rotatable bonds is 4. The van der Waals surface area contributed by atoms with Gasteiger partial charge in [-0.1, -0.05) is 12.5 Å². The molecule has 0 spiro atoms. The van der Waals surface area contributed by atoms with Crippen molar-refractivity contribution < 1.29 is 9.53 Å². The van der Waals surface area contributed by atoms with E-state index >= 15 is 0 Å². The van der Waals surface area contributed by atoms with Gasteiger partial charge in [-0.3, -0.25) is 4.98 Å². The van der Waals surface area contributed by atoms with E-state index in [4.69, 9.17) is 10.5 Å². The van der Waals surface area contributed by atoms with Crippen LogP contribution in [0.4, 0.5) is 10.5 Å². The highest BCUT2D eigenvalue weighted by Crippen LogP contribution is 2.47. The van der Waals surface area contributed by atoms with E-state index in [2.05, 4.69) is 10.3 Å². The summed E-state index contributed by atoms with van der Waals surface area (Å²) in [4.78, 5) is 18.6. The lowest BCUT2D eigenvalue weighted by Crippen LogP contribution is -2.38. The molecule has 2 aromatic rings. The van der Waals surface area contributed by atoms with Crippen LogP contribution in [0, 0.1) is 11.3 Å². The Labute approximate surface area is 153 Å². The molecule has 1 aliphatic heterocycles. The van der Waals surface area contributed by atoms with Crippen molar-refractivity contribution in [1.82, 2.24) is 9.88 Å². The van der Waals surface area contributed by atoms with Crippen LogP contribution in [0.3, 0.4) is 0 Å². The Hall–Kier alpha value is -2.60. The van der Waals surface area contributed by atoms with Crippen LogP contribution >= 0.6 is 0 Å². The second kappa shape index (κ2) is 6.96. The molecule has 6 heteroatoms. The second-order valence-corrected chi connectivity index (χ2v) is 7.28. The van der Waals surface area contributed by atoms with Gasteiger partial charge in [0.05, 0.1) is 0 Å². The zero-order valence-electron chi connectivity index (χ0n) is 14.7. The van der Waals surface area contributed by atoms with Crippen molar-refractivity contribution in [1.29, 1.82) is 0 Å². The van der Waals surface area contributed by atoms with E-state index in [0.717, 1.165) is 25.2 Å². The maximum Gasteiger partial charge on any atom is 0.321 e. The Morgan fingerprint density at radius 2 is 2.15 bits per heavy atom. The number of aromatic nitrogens is 1. The predicted octanol–water partition coefficient (Wildman–Crippen LogP) is 3.47. The Morgan fingerprint density at radius 3 is 2.92 bits per heavy atom. The fourth-order valence-electron chi connectivity index (χ4n) is 4.28. The number of pyridine rings is 1. The molecule has 2 aliphatic rings. The van der Waals surface area contributed by atoms with Crippen molar-refractivity contribution in [3.05, 3.63) is 48.8 Å². The summed E-state index contributed by atoms with van der Waals surface area (Å²) < 4.78 is 5.80. The van der Waals surface area contributed by atoms with E-state index in [-0.39, 0.29) is 11.4 Å². The Balaban J connectivity index is 1.41. The van der Waals surface area contributed by atoms with Crippen LogP contribution in [0.2, 0.25) is 0 Å². The number of amides is 2.